The van der Waals surface area contributed by atoms with E-state index in [0.717, 1.165) is 17.7 Å². The van der Waals surface area contributed by atoms with Crippen LogP contribution in [0.1, 0.15) is 24.6 Å². The molecule has 1 aromatic carbocycles. The Morgan fingerprint density at radius 2 is 2.24 bits per heavy atom. The molecule has 1 heterocycles. The fourth-order valence-electron chi connectivity index (χ4n) is 1.59. The van der Waals surface area contributed by atoms with Gasteiger partial charge in [0.1, 0.15) is 11.4 Å². The molecule has 0 unspecified atom stereocenters. The van der Waals surface area contributed by atoms with Gasteiger partial charge >= 0.3 is 5.69 Å². The summed E-state index contributed by atoms with van der Waals surface area (Å²) in [6, 6.07) is 7.59. The van der Waals surface area contributed by atoms with Crippen molar-refractivity contribution >= 4 is 12.0 Å². The second kappa shape index (κ2) is 7.18. The molecule has 110 valence electrons. The van der Waals surface area contributed by atoms with Gasteiger partial charge in [0, 0.05) is 5.56 Å². The van der Waals surface area contributed by atoms with Crippen molar-refractivity contribution in [1.29, 1.82) is 0 Å². The van der Waals surface area contributed by atoms with Crippen molar-refractivity contribution in [2.75, 3.05) is 12.0 Å². The van der Waals surface area contributed by atoms with E-state index >= 15 is 0 Å². The zero-order chi connectivity index (χ0) is 15.1. The largest absolute Gasteiger partial charge is 0.493 e. The van der Waals surface area contributed by atoms with Crippen molar-refractivity contribution in [2.24, 2.45) is 5.10 Å². The first kappa shape index (κ1) is 14.7. The van der Waals surface area contributed by atoms with Crippen LogP contribution in [-0.4, -0.2) is 28.0 Å². The van der Waals surface area contributed by atoms with Crippen LogP contribution in [0, 0.1) is 6.92 Å². The molecule has 2 aromatic rings. The van der Waals surface area contributed by atoms with E-state index in [4.69, 9.17) is 4.74 Å². The summed E-state index contributed by atoms with van der Waals surface area (Å²) >= 11 is 0. The Hall–Kier alpha value is -2.70. The highest BCUT2D eigenvalue weighted by Gasteiger charge is 2.02. The third-order valence-electron chi connectivity index (χ3n) is 2.63. The highest BCUT2D eigenvalue weighted by Crippen LogP contribution is 2.16. The molecule has 2 rings (SSSR count). The fourth-order valence-corrected chi connectivity index (χ4v) is 1.59. The maximum atomic E-state index is 11.1. The SMILES string of the molecule is CCCOc1ccccc1/C=N\Nc1nc(=O)[nH]nc1C. The van der Waals surface area contributed by atoms with Crippen LogP contribution in [0.15, 0.2) is 34.2 Å². The topological polar surface area (TPSA) is 92.3 Å². The first-order valence-corrected chi connectivity index (χ1v) is 6.65. The molecule has 7 nitrogen and oxygen atoms in total. The third kappa shape index (κ3) is 4.13. The highest BCUT2D eigenvalue weighted by atomic mass is 16.5. The van der Waals surface area contributed by atoms with Gasteiger partial charge in [-0.15, -0.1) is 0 Å². The average Bonchev–Trinajstić information content (AvgIpc) is 2.50. The van der Waals surface area contributed by atoms with Crippen molar-refractivity contribution in [3.05, 3.63) is 46.0 Å². The Morgan fingerprint density at radius 3 is 3.05 bits per heavy atom. The van der Waals surface area contributed by atoms with Gasteiger partial charge in [-0.1, -0.05) is 19.1 Å². The van der Waals surface area contributed by atoms with Gasteiger partial charge in [-0.05, 0) is 25.5 Å². The number of hydrogen-bond acceptors (Lipinski definition) is 6. The summed E-state index contributed by atoms with van der Waals surface area (Å²) in [7, 11) is 0. The number of nitrogens with one attached hydrogen (secondary N) is 2. The number of aromatic amines is 1. The first-order chi connectivity index (χ1) is 10.2. The van der Waals surface area contributed by atoms with Gasteiger partial charge in [0.15, 0.2) is 5.82 Å². The van der Waals surface area contributed by atoms with Crippen molar-refractivity contribution < 1.29 is 4.74 Å². The number of rotatable bonds is 6. The van der Waals surface area contributed by atoms with E-state index in [1.807, 2.05) is 31.2 Å². The molecule has 0 atom stereocenters. The number of para-hydroxylation sites is 1. The predicted octanol–water partition coefficient (Wildman–Crippen LogP) is 1.71. The van der Waals surface area contributed by atoms with Crippen LogP contribution in [0.3, 0.4) is 0 Å². The molecule has 0 aliphatic heterocycles. The number of nitrogens with zero attached hydrogens (tertiary/aromatic N) is 3. The third-order valence-corrected chi connectivity index (χ3v) is 2.63. The van der Waals surface area contributed by atoms with Crippen molar-refractivity contribution in [2.45, 2.75) is 20.3 Å². The molecule has 0 aliphatic carbocycles. The van der Waals surface area contributed by atoms with E-state index in [-0.39, 0.29) is 0 Å². The van der Waals surface area contributed by atoms with Gasteiger partial charge < -0.3 is 4.74 Å². The Morgan fingerprint density at radius 1 is 1.43 bits per heavy atom. The lowest BCUT2D eigenvalue weighted by molar-refractivity contribution is 0.317. The van der Waals surface area contributed by atoms with E-state index in [0.29, 0.717) is 18.1 Å². The van der Waals surface area contributed by atoms with Crippen LogP contribution in [-0.2, 0) is 0 Å². The monoisotopic (exact) mass is 287 g/mol. The summed E-state index contributed by atoms with van der Waals surface area (Å²) in [5.74, 6) is 1.08. The number of aromatic nitrogens is 3. The van der Waals surface area contributed by atoms with Gasteiger partial charge in [0.05, 0.1) is 12.8 Å². The fraction of sp³-hybridized carbons (Fsp3) is 0.286. The van der Waals surface area contributed by atoms with Crippen molar-refractivity contribution in [1.82, 2.24) is 15.2 Å². The lowest BCUT2D eigenvalue weighted by Crippen LogP contribution is -2.15. The average molecular weight is 287 g/mol. The van der Waals surface area contributed by atoms with Gasteiger partial charge in [-0.3, -0.25) is 5.43 Å². The molecule has 21 heavy (non-hydrogen) atoms. The second-order valence-electron chi connectivity index (χ2n) is 4.33. The van der Waals surface area contributed by atoms with Crippen LogP contribution < -0.4 is 15.9 Å². The molecule has 0 saturated heterocycles. The summed E-state index contributed by atoms with van der Waals surface area (Å²) < 4.78 is 5.63. The highest BCUT2D eigenvalue weighted by molar-refractivity contribution is 5.83. The molecule has 0 saturated carbocycles. The Labute approximate surface area is 122 Å². The van der Waals surface area contributed by atoms with Gasteiger partial charge in [-0.25, -0.2) is 9.89 Å². The molecule has 0 bridgehead atoms. The Kier molecular flexibility index (Phi) is 5.03. The molecule has 2 N–H and O–H groups in total. The standard InChI is InChI=1S/C14H17N5O2/c1-3-8-21-12-7-5-4-6-11(12)9-15-18-13-10(2)17-19-14(20)16-13/h4-7,9H,3,8H2,1-2H3,(H2,16,18,19,20)/b15-9-. The minimum Gasteiger partial charge on any atom is -0.493 e. The second-order valence-corrected chi connectivity index (χ2v) is 4.33. The molecule has 0 aliphatic rings. The van der Waals surface area contributed by atoms with E-state index < -0.39 is 5.69 Å². The summed E-state index contributed by atoms with van der Waals surface area (Å²) in [5.41, 5.74) is 3.58. The molecule has 0 spiro atoms. The van der Waals surface area contributed by atoms with Gasteiger partial charge in [0.25, 0.3) is 0 Å². The summed E-state index contributed by atoms with van der Waals surface area (Å²) in [5, 5.41) is 10.1. The molecule has 0 radical (unpaired) electrons. The van der Waals surface area contributed by atoms with Crippen LogP contribution in [0.25, 0.3) is 0 Å². The molecule has 7 heteroatoms. The maximum absolute atomic E-state index is 11.1. The van der Waals surface area contributed by atoms with Crippen LogP contribution in [0.5, 0.6) is 5.75 Å². The normalized spacial score (nSPS) is 10.8. The maximum Gasteiger partial charge on any atom is 0.363 e. The van der Waals surface area contributed by atoms with E-state index in [9.17, 15) is 4.79 Å². The Bertz CT molecular complexity index is 681. The number of hydrogen-bond donors (Lipinski definition) is 2. The quantitative estimate of drug-likeness (QED) is 0.623. The Balaban J connectivity index is 2.11. The number of aryl methyl sites for hydroxylation is 1. The number of H-pyrrole nitrogens is 1. The number of ether oxygens (including phenoxy) is 1. The lowest BCUT2D eigenvalue weighted by Gasteiger charge is -2.07. The molecule has 1 aromatic heterocycles. The smallest absolute Gasteiger partial charge is 0.363 e. The first-order valence-electron chi connectivity index (χ1n) is 6.65. The number of hydrazone groups is 1. The summed E-state index contributed by atoms with van der Waals surface area (Å²) in [4.78, 5) is 14.9. The minimum atomic E-state index is -0.523. The van der Waals surface area contributed by atoms with Gasteiger partial charge in [0.2, 0.25) is 0 Å². The summed E-state index contributed by atoms with van der Waals surface area (Å²) in [6.07, 6.45) is 2.55. The number of anilines is 1. The van der Waals surface area contributed by atoms with Crippen LogP contribution in [0.2, 0.25) is 0 Å². The molecule has 0 amide bonds. The van der Waals surface area contributed by atoms with Crippen molar-refractivity contribution in [3.8, 4) is 5.75 Å². The van der Waals surface area contributed by atoms with Crippen LogP contribution >= 0.6 is 0 Å². The molecular formula is C14H17N5O2. The molecular weight excluding hydrogens is 270 g/mol. The number of benzene rings is 1. The van der Waals surface area contributed by atoms with E-state index in [1.165, 1.54) is 0 Å². The van der Waals surface area contributed by atoms with Gasteiger partial charge in [-0.2, -0.15) is 15.2 Å². The zero-order valence-corrected chi connectivity index (χ0v) is 12.0. The zero-order valence-electron chi connectivity index (χ0n) is 12.0. The summed E-state index contributed by atoms with van der Waals surface area (Å²) in [6.45, 7) is 4.42. The minimum absolute atomic E-state index is 0.321. The van der Waals surface area contributed by atoms with E-state index in [1.54, 1.807) is 13.1 Å². The predicted molar refractivity (Wildman–Crippen MR) is 80.8 cm³/mol. The van der Waals surface area contributed by atoms with Crippen LogP contribution in [0.4, 0.5) is 5.82 Å². The van der Waals surface area contributed by atoms with E-state index in [2.05, 4.69) is 25.7 Å². The lowest BCUT2D eigenvalue weighted by atomic mass is 10.2. The molecule has 0 fully saturated rings. The van der Waals surface area contributed by atoms with Crippen molar-refractivity contribution in [3.63, 3.8) is 0 Å².